The lowest BCUT2D eigenvalue weighted by molar-refractivity contribution is -0.161. The number of hydrogen-bond acceptors (Lipinski definition) is 15. The highest BCUT2D eigenvalue weighted by Crippen LogP contribution is 2.45. The maximum Gasteiger partial charge on any atom is 0.472 e. The molecular weight excluding hydrogens is 1350 g/mol. The van der Waals surface area contributed by atoms with Gasteiger partial charge in [0.25, 0.3) is 0 Å². The minimum absolute atomic E-state index is 0.0347. The van der Waals surface area contributed by atoms with Crippen LogP contribution in [0.25, 0.3) is 0 Å². The topological polar surface area (TPSA) is 237 Å². The Hall–Kier alpha value is -4.54. The highest BCUT2D eigenvalue weighted by Gasteiger charge is 2.30. The maximum absolute atomic E-state index is 13.1. The number of carbonyl (C=O) groups excluding carboxylic acids is 4. The van der Waals surface area contributed by atoms with Gasteiger partial charge >= 0.3 is 39.5 Å². The summed E-state index contributed by atoms with van der Waals surface area (Å²) >= 11 is 0. The van der Waals surface area contributed by atoms with Crippen molar-refractivity contribution in [3.63, 3.8) is 0 Å². The average Bonchev–Trinajstić information content (AvgIpc) is 0.918. The van der Waals surface area contributed by atoms with Gasteiger partial charge in [0, 0.05) is 25.7 Å². The number of unbranched alkanes of at least 4 members (excludes halogenated alkanes) is 30. The van der Waals surface area contributed by atoms with E-state index >= 15 is 0 Å². The molecule has 0 amide bonds. The van der Waals surface area contributed by atoms with Crippen LogP contribution in [-0.4, -0.2) is 96.7 Å². The summed E-state index contributed by atoms with van der Waals surface area (Å²) in [6.45, 7) is 4.69. The second kappa shape index (κ2) is 76.6. The summed E-state index contributed by atoms with van der Waals surface area (Å²) < 4.78 is 68.5. The molecule has 0 aromatic carbocycles. The van der Waals surface area contributed by atoms with Crippen molar-refractivity contribution < 1.29 is 80.2 Å². The first-order valence-electron chi connectivity index (χ1n) is 40.8. The molecule has 0 saturated carbocycles. The molecule has 0 rings (SSSR count). The lowest BCUT2D eigenvalue weighted by Crippen LogP contribution is -2.30. The number of aliphatic hydroxyl groups is 1. The fourth-order valence-corrected chi connectivity index (χ4v) is 12.2. The highest BCUT2D eigenvalue weighted by molar-refractivity contribution is 7.47. The SMILES string of the molecule is CCCCC/C=C\C/C=C\C/C=C\C/C=C\C/C=C\CCC(=O)OC[C@H](COP(=O)(O)OC[C@@H](O)COP(=O)(O)OC[C@@H](COC(=O)CCCCCCC/C=C\C/C=C\CCCCC)OC(=O)CCCCCCC/C=C\C/C=C\CCCCC)OC(=O)CCCCCCC/C=C\CCCCCCCC. The summed E-state index contributed by atoms with van der Waals surface area (Å²) in [6, 6.07) is 0. The summed E-state index contributed by atoms with van der Waals surface area (Å²) in [5.74, 6) is -2.30. The molecule has 19 heteroatoms. The molecule has 0 aromatic heterocycles. The molecule has 5 atom stereocenters. The van der Waals surface area contributed by atoms with Crippen LogP contribution in [0.15, 0.2) is 122 Å². The van der Waals surface area contributed by atoms with Crippen molar-refractivity contribution in [1.82, 2.24) is 0 Å². The van der Waals surface area contributed by atoms with Crippen molar-refractivity contribution in [2.75, 3.05) is 39.6 Å². The molecule has 0 aliphatic heterocycles. The van der Waals surface area contributed by atoms with Gasteiger partial charge in [-0.2, -0.15) is 0 Å². The number of aliphatic hydroxyl groups excluding tert-OH is 1. The highest BCUT2D eigenvalue weighted by atomic mass is 31.2. The number of phosphoric acid groups is 2. The van der Waals surface area contributed by atoms with Crippen molar-refractivity contribution in [3.05, 3.63) is 122 Å². The molecule has 0 radical (unpaired) electrons. The van der Waals surface area contributed by atoms with Gasteiger partial charge in [0.05, 0.1) is 26.4 Å². The Morgan fingerprint density at radius 3 is 0.808 bits per heavy atom. The Morgan fingerprint density at radius 1 is 0.269 bits per heavy atom. The molecule has 0 heterocycles. The second-order valence-corrected chi connectivity index (χ2v) is 29.9. The van der Waals surface area contributed by atoms with Crippen molar-refractivity contribution in [1.29, 1.82) is 0 Å². The predicted molar refractivity (Wildman–Crippen MR) is 427 cm³/mol. The van der Waals surface area contributed by atoms with Crippen LogP contribution in [0.2, 0.25) is 0 Å². The zero-order valence-corrected chi connectivity index (χ0v) is 67.2. The van der Waals surface area contributed by atoms with Crippen LogP contribution in [0, 0.1) is 0 Å². The predicted octanol–water partition coefficient (Wildman–Crippen LogP) is 23.9. The number of phosphoric ester groups is 2. The normalized spacial score (nSPS) is 14.5. The number of hydrogen-bond donors (Lipinski definition) is 3. The smallest absolute Gasteiger partial charge is 0.462 e. The first-order chi connectivity index (χ1) is 50.7. The zero-order valence-electron chi connectivity index (χ0n) is 65.4. The van der Waals surface area contributed by atoms with Gasteiger partial charge in [0.15, 0.2) is 12.2 Å². The van der Waals surface area contributed by atoms with E-state index in [0.29, 0.717) is 32.1 Å². The van der Waals surface area contributed by atoms with Gasteiger partial charge in [0.2, 0.25) is 0 Å². The van der Waals surface area contributed by atoms with Crippen LogP contribution in [0.3, 0.4) is 0 Å². The van der Waals surface area contributed by atoms with Crippen LogP contribution >= 0.6 is 15.6 Å². The fraction of sp³-hybridized carbons (Fsp3) is 0.718. The van der Waals surface area contributed by atoms with Crippen LogP contribution in [0.4, 0.5) is 0 Å². The third-order valence-electron chi connectivity index (χ3n) is 16.9. The second-order valence-electron chi connectivity index (χ2n) is 27.0. The molecule has 0 fully saturated rings. The molecule has 0 aliphatic rings. The minimum Gasteiger partial charge on any atom is -0.462 e. The molecule has 0 spiro atoms. The van der Waals surface area contributed by atoms with E-state index in [1.165, 1.54) is 96.3 Å². The number of rotatable bonds is 76. The van der Waals surface area contributed by atoms with Crippen molar-refractivity contribution in [2.24, 2.45) is 0 Å². The molecule has 17 nitrogen and oxygen atoms in total. The van der Waals surface area contributed by atoms with Crippen LogP contribution in [-0.2, 0) is 65.4 Å². The summed E-state index contributed by atoms with van der Waals surface area (Å²) in [7, 11) is -9.99. The molecule has 598 valence electrons. The molecule has 0 aliphatic carbocycles. The number of ether oxygens (including phenoxy) is 4. The van der Waals surface area contributed by atoms with Crippen LogP contribution in [0.5, 0.6) is 0 Å². The number of esters is 4. The van der Waals surface area contributed by atoms with E-state index in [0.717, 1.165) is 154 Å². The molecule has 0 saturated heterocycles. The Balaban J connectivity index is 5.45. The van der Waals surface area contributed by atoms with Gasteiger partial charge in [0.1, 0.15) is 19.3 Å². The third kappa shape index (κ3) is 75.7. The molecule has 104 heavy (non-hydrogen) atoms. The number of allylic oxidation sites excluding steroid dienone is 20. The molecular formula is C85H146O17P2. The van der Waals surface area contributed by atoms with Crippen LogP contribution < -0.4 is 0 Å². The van der Waals surface area contributed by atoms with Crippen molar-refractivity contribution in [3.8, 4) is 0 Å². The molecule has 3 N–H and O–H groups in total. The lowest BCUT2D eigenvalue weighted by atomic mass is 10.1. The Kier molecular flexibility index (Phi) is 73.3. The summed E-state index contributed by atoms with van der Waals surface area (Å²) in [4.78, 5) is 73.0. The first kappa shape index (κ1) is 99.5. The zero-order chi connectivity index (χ0) is 76.0. The average molecular weight is 1500 g/mol. The van der Waals surface area contributed by atoms with E-state index in [4.69, 9.17) is 37.0 Å². The standard InChI is InChI=1S/C85H146O17P2/c1-5-9-13-17-21-25-29-33-37-38-39-40-44-46-50-54-58-62-66-70-83(88)96-76-81(102-85(90)72-68-64-60-56-52-48-43-36-32-28-24-20-16-12-8-4)78-100-104(93,94)98-74-79(86)73-97-103(91,92)99-77-80(101-84(89)71-67-63-59-55-51-47-42-35-31-27-23-19-15-11-7-3)75-95-82(87)69-65-61-57-53-49-45-41-34-30-26-22-18-14-10-6-2/h21-23,25-27,33-37,39-43,46,50,58,62,79-81,86H,5-20,24,28-32,38,44-45,47-49,51-57,59-61,63-78H2,1-4H3,(H,91,92)(H,93,94)/b25-21-,26-22-,27-23-,37-33-,40-39-,41-34-,42-35-,43-36-,50-46-,62-58-/t79-,80+,81+/m0/s1. The minimum atomic E-state index is -5.00. The van der Waals surface area contributed by atoms with Gasteiger partial charge in [-0.1, -0.05) is 278 Å². The van der Waals surface area contributed by atoms with Gasteiger partial charge in [-0.15, -0.1) is 0 Å². The van der Waals surface area contributed by atoms with Crippen molar-refractivity contribution >= 4 is 39.5 Å². The van der Waals surface area contributed by atoms with Gasteiger partial charge in [-0.05, 0) is 154 Å². The van der Waals surface area contributed by atoms with Gasteiger partial charge in [-0.3, -0.25) is 37.3 Å². The van der Waals surface area contributed by atoms with Crippen molar-refractivity contribution in [2.45, 2.75) is 354 Å². The Morgan fingerprint density at radius 2 is 0.490 bits per heavy atom. The van der Waals surface area contributed by atoms with Gasteiger partial charge < -0.3 is 33.8 Å². The van der Waals surface area contributed by atoms with E-state index in [1.54, 1.807) is 0 Å². The first-order valence-corrected chi connectivity index (χ1v) is 43.8. The summed E-state index contributed by atoms with van der Waals surface area (Å²) in [5, 5.41) is 10.6. The quantitative estimate of drug-likeness (QED) is 0.0169. The molecule has 0 aromatic rings. The van der Waals surface area contributed by atoms with E-state index in [1.807, 2.05) is 12.2 Å². The van der Waals surface area contributed by atoms with E-state index in [9.17, 15) is 43.2 Å². The number of carbonyl (C=O) groups is 4. The summed E-state index contributed by atoms with van der Waals surface area (Å²) in [5.41, 5.74) is 0. The Labute approximate surface area is 632 Å². The molecule has 2 unspecified atom stereocenters. The lowest BCUT2D eigenvalue weighted by Gasteiger charge is -2.21. The third-order valence-corrected chi connectivity index (χ3v) is 18.8. The summed E-state index contributed by atoms with van der Waals surface area (Å²) in [6.07, 6.45) is 84.7. The fourth-order valence-electron chi connectivity index (χ4n) is 10.6. The maximum atomic E-state index is 13.1. The van der Waals surface area contributed by atoms with E-state index < -0.39 is 97.5 Å². The Bertz CT molecular complexity index is 2440. The largest absolute Gasteiger partial charge is 0.472 e. The van der Waals surface area contributed by atoms with E-state index in [-0.39, 0.29) is 25.7 Å². The van der Waals surface area contributed by atoms with Gasteiger partial charge in [-0.25, -0.2) is 9.13 Å². The molecule has 0 bridgehead atoms. The monoisotopic (exact) mass is 1500 g/mol. The van der Waals surface area contributed by atoms with E-state index in [2.05, 4.69) is 137 Å². The van der Waals surface area contributed by atoms with Crippen LogP contribution in [0.1, 0.15) is 336 Å².